The zero-order valence-corrected chi connectivity index (χ0v) is 5.90. The second kappa shape index (κ2) is 3.51. The summed E-state index contributed by atoms with van der Waals surface area (Å²) in [7, 11) is 0. The second-order valence-corrected chi connectivity index (χ2v) is 2.01. The Labute approximate surface area is 64.6 Å². The molecular weight excluding hydrogens is 140 g/mol. The molecule has 1 aromatic rings. The van der Waals surface area contributed by atoms with Gasteiger partial charge in [-0.15, -0.1) is 0 Å². The molecule has 0 aliphatic carbocycles. The Morgan fingerprint density at radius 1 is 1.45 bits per heavy atom. The van der Waals surface area contributed by atoms with Gasteiger partial charge in [-0.2, -0.15) is 0 Å². The van der Waals surface area contributed by atoms with E-state index in [4.69, 9.17) is 5.73 Å². The van der Waals surface area contributed by atoms with Crippen LogP contribution in [0.25, 0.3) is 6.08 Å². The van der Waals surface area contributed by atoms with Crippen LogP contribution in [0.5, 0.6) is 0 Å². The number of pyridine rings is 1. The van der Waals surface area contributed by atoms with E-state index in [1.54, 1.807) is 24.4 Å². The van der Waals surface area contributed by atoms with Crippen LogP contribution in [0, 0.1) is 0 Å². The molecule has 3 heteroatoms. The minimum atomic E-state index is 0.619. The van der Waals surface area contributed by atoms with E-state index in [-0.39, 0.29) is 0 Å². The van der Waals surface area contributed by atoms with E-state index in [1.165, 1.54) is 6.08 Å². The average molecular weight is 148 g/mol. The molecule has 0 radical (unpaired) electrons. The Morgan fingerprint density at radius 2 is 2.27 bits per heavy atom. The van der Waals surface area contributed by atoms with E-state index >= 15 is 0 Å². The molecule has 1 heterocycles. The maximum atomic E-state index is 9.91. The Hall–Kier alpha value is -1.64. The van der Waals surface area contributed by atoms with Crippen LogP contribution >= 0.6 is 0 Å². The van der Waals surface area contributed by atoms with Gasteiger partial charge in [0, 0.05) is 0 Å². The number of aromatic nitrogens is 1. The number of carbonyl (C=O) groups is 1. The molecule has 0 saturated carbocycles. The van der Waals surface area contributed by atoms with Gasteiger partial charge in [0.1, 0.15) is 6.29 Å². The van der Waals surface area contributed by atoms with Crippen LogP contribution in [0.4, 0.5) is 5.69 Å². The van der Waals surface area contributed by atoms with Crippen molar-refractivity contribution in [2.24, 2.45) is 0 Å². The van der Waals surface area contributed by atoms with Crippen LogP contribution in [0.1, 0.15) is 5.69 Å². The van der Waals surface area contributed by atoms with Gasteiger partial charge in [-0.25, -0.2) is 0 Å². The highest BCUT2D eigenvalue weighted by Gasteiger charge is 1.86. The number of hydrogen-bond donors (Lipinski definition) is 1. The summed E-state index contributed by atoms with van der Waals surface area (Å²) in [5, 5.41) is 0. The SMILES string of the molecule is Nc1ccc(C=CC=O)nc1. The predicted octanol–water partition coefficient (Wildman–Crippen LogP) is 0.876. The lowest BCUT2D eigenvalue weighted by Crippen LogP contribution is -1.86. The largest absolute Gasteiger partial charge is 0.397 e. The zero-order valence-electron chi connectivity index (χ0n) is 5.90. The highest BCUT2D eigenvalue weighted by Crippen LogP contribution is 2.01. The molecule has 0 spiro atoms. The van der Waals surface area contributed by atoms with Gasteiger partial charge >= 0.3 is 0 Å². The third-order valence-corrected chi connectivity index (χ3v) is 1.15. The number of aldehydes is 1. The topological polar surface area (TPSA) is 56.0 Å². The van der Waals surface area contributed by atoms with Gasteiger partial charge in [-0.05, 0) is 24.3 Å². The molecule has 0 saturated heterocycles. The Bertz CT molecular complexity index is 264. The second-order valence-electron chi connectivity index (χ2n) is 2.01. The van der Waals surface area contributed by atoms with Crippen molar-refractivity contribution in [1.29, 1.82) is 0 Å². The molecule has 2 N–H and O–H groups in total. The van der Waals surface area contributed by atoms with Crippen LogP contribution < -0.4 is 5.73 Å². The first kappa shape index (κ1) is 7.47. The fraction of sp³-hybridized carbons (Fsp3) is 0. The summed E-state index contributed by atoms with van der Waals surface area (Å²) < 4.78 is 0. The third-order valence-electron chi connectivity index (χ3n) is 1.15. The normalized spacial score (nSPS) is 10.2. The minimum absolute atomic E-state index is 0.619. The smallest absolute Gasteiger partial charge is 0.142 e. The van der Waals surface area contributed by atoms with E-state index in [9.17, 15) is 4.79 Å². The lowest BCUT2D eigenvalue weighted by atomic mass is 10.3. The number of allylic oxidation sites excluding steroid dienone is 1. The van der Waals surface area contributed by atoms with Gasteiger partial charge in [0.2, 0.25) is 0 Å². The van der Waals surface area contributed by atoms with Gasteiger partial charge in [0.15, 0.2) is 0 Å². The summed E-state index contributed by atoms with van der Waals surface area (Å²) in [5.74, 6) is 0. The molecule has 0 unspecified atom stereocenters. The number of nitrogens with zero attached hydrogens (tertiary/aromatic N) is 1. The molecule has 0 amide bonds. The van der Waals surface area contributed by atoms with Crippen LogP contribution in [-0.2, 0) is 4.79 Å². The van der Waals surface area contributed by atoms with Crippen LogP contribution in [0.3, 0.4) is 0 Å². The predicted molar refractivity (Wildman–Crippen MR) is 43.7 cm³/mol. The first-order valence-corrected chi connectivity index (χ1v) is 3.16. The number of nitrogens with two attached hydrogens (primary N) is 1. The van der Waals surface area contributed by atoms with E-state index in [2.05, 4.69) is 4.98 Å². The van der Waals surface area contributed by atoms with Crippen molar-refractivity contribution in [3.63, 3.8) is 0 Å². The minimum Gasteiger partial charge on any atom is -0.397 e. The van der Waals surface area contributed by atoms with Crippen molar-refractivity contribution >= 4 is 18.0 Å². The Kier molecular flexibility index (Phi) is 2.38. The van der Waals surface area contributed by atoms with E-state index in [0.717, 1.165) is 5.69 Å². The third kappa shape index (κ3) is 2.21. The summed E-state index contributed by atoms with van der Waals surface area (Å²) in [6, 6.07) is 3.48. The molecule has 0 fully saturated rings. The van der Waals surface area contributed by atoms with Crippen molar-refractivity contribution in [1.82, 2.24) is 4.98 Å². The highest BCUT2D eigenvalue weighted by molar-refractivity contribution is 5.73. The number of carbonyl (C=O) groups excluding carboxylic acids is 1. The van der Waals surface area contributed by atoms with Crippen LogP contribution in [0.2, 0.25) is 0 Å². The summed E-state index contributed by atoms with van der Waals surface area (Å²) in [4.78, 5) is 13.9. The standard InChI is InChI=1S/C8H8N2O/c9-7-3-4-8(10-6-7)2-1-5-11/h1-6H,9H2. The number of nitrogen functional groups attached to an aromatic ring is 1. The van der Waals surface area contributed by atoms with Crippen LogP contribution in [0.15, 0.2) is 24.4 Å². The highest BCUT2D eigenvalue weighted by atomic mass is 16.1. The van der Waals surface area contributed by atoms with Gasteiger partial charge in [-0.3, -0.25) is 9.78 Å². The quantitative estimate of drug-likeness (QED) is 0.500. The number of rotatable bonds is 2. The molecule has 0 bridgehead atoms. The molecule has 3 nitrogen and oxygen atoms in total. The van der Waals surface area contributed by atoms with Crippen LogP contribution in [-0.4, -0.2) is 11.3 Å². The molecule has 11 heavy (non-hydrogen) atoms. The van der Waals surface area contributed by atoms with Gasteiger partial charge in [0.05, 0.1) is 17.6 Å². The average Bonchev–Trinajstić information content (AvgIpc) is 2.04. The maximum absolute atomic E-state index is 9.91. The first-order valence-electron chi connectivity index (χ1n) is 3.16. The molecule has 1 aromatic heterocycles. The number of anilines is 1. The summed E-state index contributed by atoms with van der Waals surface area (Å²) in [5.41, 5.74) is 6.75. The summed E-state index contributed by atoms with van der Waals surface area (Å²) in [6.07, 6.45) is 5.26. The first-order chi connectivity index (χ1) is 5.33. The monoisotopic (exact) mass is 148 g/mol. The zero-order chi connectivity index (χ0) is 8.10. The molecule has 0 aliphatic heterocycles. The lowest BCUT2D eigenvalue weighted by Gasteiger charge is -1.91. The van der Waals surface area contributed by atoms with Crippen molar-refractivity contribution in [3.05, 3.63) is 30.1 Å². The Balaban J connectivity index is 2.81. The summed E-state index contributed by atoms with van der Waals surface area (Å²) in [6.45, 7) is 0. The molecular formula is C8H8N2O. The van der Waals surface area contributed by atoms with Gasteiger partial charge in [-0.1, -0.05) is 0 Å². The fourth-order valence-corrected chi connectivity index (χ4v) is 0.653. The Morgan fingerprint density at radius 3 is 2.82 bits per heavy atom. The van der Waals surface area contributed by atoms with E-state index < -0.39 is 0 Å². The molecule has 0 atom stereocenters. The maximum Gasteiger partial charge on any atom is 0.142 e. The van der Waals surface area contributed by atoms with Crippen molar-refractivity contribution < 1.29 is 4.79 Å². The molecule has 0 aromatic carbocycles. The van der Waals surface area contributed by atoms with E-state index in [0.29, 0.717) is 12.0 Å². The number of hydrogen-bond acceptors (Lipinski definition) is 3. The van der Waals surface area contributed by atoms with Crippen molar-refractivity contribution in [2.75, 3.05) is 5.73 Å². The fourth-order valence-electron chi connectivity index (χ4n) is 0.653. The van der Waals surface area contributed by atoms with Gasteiger partial charge in [0.25, 0.3) is 0 Å². The van der Waals surface area contributed by atoms with Gasteiger partial charge < -0.3 is 5.73 Å². The molecule has 1 rings (SSSR count). The van der Waals surface area contributed by atoms with Crippen molar-refractivity contribution in [2.45, 2.75) is 0 Å². The molecule has 0 aliphatic rings. The van der Waals surface area contributed by atoms with Crippen molar-refractivity contribution in [3.8, 4) is 0 Å². The summed E-state index contributed by atoms with van der Waals surface area (Å²) >= 11 is 0. The molecule has 56 valence electrons. The van der Waals surface area contributed by atoms with E-state index in [1.807, 2.05) is 0 Å². The lowest BCUT2D eigenvalue weighted by molar-refractivity contribution is -0.104.